The van der Waals surface area contributed by atoms with E-state index >= 15 is 0 Å². The van der Waals surface area contributed by atoms with E-state index in [0.29, 0.717) is 18.8 Å². The first-order valence-electron chi connectivity index (χ1n) is 5.11. The van der Waals surface area contributed by atoms with Crippen LogP contribution in [0.1, 0.15) is 17.4 Å². The van der Waals surface area contributed by atoms with E-state index in [2.05, 4.69) is 0 Å². The quantitative estimate of drug-likeness (QED) is 0.802. The number of hydrogen-bond acceptors (Lipinski definition) is 5. The van der Waals surface area contributed by atoms with Gasteiger partial charge in [-0.15, -0.1) is 0 Å². The minimum absolute atomic E-state index is 0.220. The van der Waals surface area contributed by atoms with Crippen molar-refractivity contribution in [1.82, 2.24) is 0 Å². The van der Waals surface area contributed by atoms with Gasteiger partial charge in [0.15, 0.2) is 14.7 Å². The summed E-state index contributed by atoms with van der Waals surface area (Å²) in [6.45, 7) is 1.22. The summed E-state index contributed by atoms with van der Waals surface area (Å²) in [5.41, 5.74) is 12.1. The Kier molecular flexibility index (Phi) is 4.39. The third-order valence-electron chi connectivity index (χ3n) is 2.35. The molecule has 0 atom stereocenters. The largest absolute Gasteiger partial charge is 0.346 e. The third kappa shape index (κ3) is 3.42. The zero-order chi connectivity index (χ0) is 12.3. The molecule has 1 aromatic rings. The van der Waals surface area contributed by atoms with Crippen molar-refractivity contribution in [3.63, 3.8) is 0 Å². The molecule has 0 amide bonds. The Balaban J connectivity index is 2.17. The topological polar surface area (TPSA) is 79.7 Å². The van der Waals surface area contributed by atoms with Crippen molar-refractivity contribution in [3.05, 3.63) is 35.1 Å². The lowest BCUT2D eigenvalue weighted by molar-refractivity contribution is -0.0453. The van der Waals surface area contributed by atoms with E-state index in [4.69, 9.17) is 25.0 Å². The molecule has 0 saturated carbocycles. The fraction of sp³-hybridized carbons (Fsp3) is 0.400. The van der Waals surface area contributed by atoms with E-state index in [9.17, 15) is 4.39 Å². The standard InChI is InChI=1S/C10H14FN2O3P/c11-8-2-1-7(6-16-17(12)13)9(5-8)10-14-3-4-15-10/h1-2,5,10H,3-4,6,12-13H2. The van der Waals surface area contributed by atoms with Crippen molar-refractivity contribution in [2.24, 2.45) is 11.0 Å². The smallest absolute Gasteiger partial charge is 0.184 e. The second-order valence-corrected chi connectivity index (χ2v) is 4.53. The first-order valence-corrected chi connectivity index (χ1v) is 6.50. The maximum Gasteiger partial charge on any atom is 0.184 e. The van der Waals surface area contributed by atoms with Crippen molar-refractivity contribution >= 4 is 8.45 Å². The van der Waals surface area contributed by atoms with Crippen LogP contribution in [0.3, 0.4) is 0 Å². The van der Waals surface area contributed by atoms with Gasteiger partial charge in [0.05, 0.1) is 19.8 Å². The first-order chi connectivity index (χ1) is 8.16. The molecule has 1 aromatic carbocycles. The molecule has 0 aliphatic carbocycles. The molecule has 2 rings (SSSR count). The van der Waals surface area contributed by atoms with Crippen LogP contribution in [0.15, 0.2) is 18.2 Å². The number of halogens is 1. The minimum atomic E-state index is -1.43. The molecular weight excluding hydrogens is 246 g/mol. The molecule has 1 saturated heterocycles. The lowest BCUT2D eigenvalue weighted by Gasteiger charge is -2.15. The van der Waals surface area contributed by atoms with Gasteiger partial charge in [-0.25, -0.2) is 4.39 Å². The average molecular weight is 260 g/mol. The van der Waals surface area contributed by atoms with E-state index in [-0.39, 0.29) is 12.4 Å². The highest BCUT2D eigenvalue weighted by Crippen LogP contribution is 2.29. The van der Waals surface area contributed by atoms with Crippen LogP contribution in [0.4, 0.5) is 4.39 Å². The van der Waals surface area contributed by atoms with Crippen LogP contribution in [0.2, 0.25) is 0 Å². The molecule has 17 heavy (non-hydrogen) atoms. The molecule has 1 aliphatic rings. The van der Waals surface area contributed by atoms with E-state index in [1.807, 2.05) is 0 Å². The fourth-order valence-corrected chi connectivity index (χ4v) is 1.89. The zero-order valence-corrected chi connectivity index (χ0v) is 10.0. The van der Waals surface area contributed by atoms with Crippen LogP contribution in [0.25, 0.3) is 0 Å². The van der Waals surface area contributed by atoms with Gasteiger partial charge in [0.1, 0.15) is 5.82 Å². The monoisotopic (exact) mass is 260 g/mol. The predicted octanol–water partition coefficient (Wildman–Crippen LogP) is 1.53. The highest BCUT2D eigenvalue weighted by Gasteiger charge is 2.22. The summed E-state index contributed by atoms with van der Waals surface area (Å²) in [5.74, 6) is -0.342. The average Bonchev–Trinajstić information content (AvgIpc) is 2.80. The number of rotatable bonds is 4. The van der Waals surface area contributed by atoms with Crippen LogP contribution >= 0.6 is 8.45 Å². The number of nitrogens with two attached hydrogens (primary N) is 2. The van der Waals surface area contributed by atoms with Crippen molar-refractivity contribution in [2.45, 2.75) is 12.9 Å². The minimum Gasteiger partial charge on any atom is -0.346 e. The molecule has 5 nitrogen and oxygen atoms in total. The summed E-state index contributed by atoms with van der Waals surface area (Å²) in [5, 5.41) is 0. The molecule has 1 aliphatic heterocycles. The molecular formula is C10H14FN2O3P. The maximum atomic E-state index is 13.2. The summed E-state index contributed by atoms with van der Waals surface area (Å²) >= 11 is 0. The van der Waals surface area contributed by atoms with Crippen LogP contribution in [0, 0.1) is 5.82 Å². The van der Waals surface area contributed by atoms with Gasteiger partial charge in [-0.1, -0.05) is 6.07 Å². The lowest BCUT2D eigenvalue weighted by Crippen LogP contribution is -2.07. The molecule has 0 unspecified atom stereocenters. The van der Waals surface area contributed by atoms with E-state index in [0.717, 1.165) is 5.56 Å². The summed E-state index contributed by atoms with van der Waals surface area (Å²) in [4.78, 5) is 0. The van der Waals surface area contributed by atoms with Gasteiger partial charge in [0, 0.05) is 5.56 Å². The normalized spacial score (nSPS) is 16.9. The highest BCUT2D eigenvalue weighted by molar-refractivity contribution is 7.47. The Hall–Kier alpha value is -0.620. The van der Waals surface area contributed by atoms with Gasteiger partial charge in [-0.3, -0.25) is 11.0 Å². The lowest BCUT2D eigenvalue weighted by atomic mass is 10.1. The molecule has 94 valence electrons. The van der Waals surface area contributed by atoms with E-state index in [1.165, 1.54) is 12.1 Å². The third-order valence-corrected chi connectivity index (χ3v) is 2.78. The molecule has 0 aromatic heterocycles. The van der Waals surface area contributed by atoms with E-state index < -0.39 is 14.7 Å². The van der Waals surface area contributed by atoms with Gasteiger partial charge in [-0.2, -0.15) is 0 Å². The SMILES string of the molecule is NP(N)OCc1ccc(F)cc1C1OCCO1. The van der Waals surface area contributed by atoms with Crippen LogP contribution in [0.5, 0.6) is 0 Å². The molecule has 1 fully saturated rings. The number of ether oxygens (including phenoxy) is 2. The predicted molar refractivity (Wildman–Crippen MR) is 61.1 cm³/mol. The number of benzene rings is 1. The van der Waals surface area contributed by atoms with Gasteiger partial charge in [-0.05, 0) is 17.7 Å². The van der Waals surface area contributed by atoms with Gasteiger partial charge >= 0.3 is 0 Å². The van der Waals surface area contributed by atoms with Gasteiger partial charge < -0.3 is 14.0 Å². The summed E-state index contributed by atoms with van der Waals surface area (Å²) in [6, 6.07) is 4.35. The Labute approximate surface area is 99.8 Å². The molecule has 0 bridgehead atoms. The van der Waals surface area contributed by atoms with Crippen LogP contribution < -0.4 is 11.0 Å². The van der Waals surface area contributed by atoms with E-state index in [1.54, 1.807) is 6.07 Å². The summed E-state index contributed by atoms with van der Waals surface area (Å²) in [6.07, 6.45) is -0.536. The van der Waals surface area contributed by atoms with Gasteiger partial charge in [0.25, 0.3) is 0 Å². The zero-order valence-electron chi connectivity index (χ0n) is 9.14. The maximum absolute atomic E-state index is 13.2. The second kappa shape index (κ2) is 5.82. The van der Waals surface area contributed by atoms with Crippen LogP contribution in [-0.4, -0.2) is 13.2 Å². The molecule has 0 radical (unpaired) electrons. The summed E-state index contributed by atoms with van der Waals surface area (Å²) in [7, 11) is -1.43. The Morgan fingerprint density at radius 1 is 1.35 bits per heavy atom. The molecule has 4 N–H and O–H groups in total. The van der Waals surface area contributed by atoms with Crippen molar-refractivity contribution in [2.75, 3.05) is 13.2 Å². The molecule has 1 heterocycles. The first kappa shape index (κ1) is 12.8. The highest BCUT2D eigenvalue weighted by atomic mass is 31.2. The van der Waals surface area contributed by atoms with Gasteiger partial charge in [0.2, 0.25) is 0 Å². The summed E-state index contributed by atoms with van der Waals surface area (Å²) < 4.78 is 29.0. The molecule has 0 spiro atoms. The Morgan fingerprint density at radius 3 is 2.71 bits per heavy atom. The molecule has 7 heteroatoms. The second-order valence-electron chi connectivity index (χ2n) is 3.55. The Morgan fingerprint density at radius 2 is 2.06 bits per heavy atom. The van der Waals surface area contributed by atoms with Crippen LogP contribution in [-0.2, 0) is 20.6 Å². The van der Waals surface area contributed by atoms with Crippen molar-refractivity contribution in [3.8, 4) is 0 Å². The van der Waals surface area contributed by atoms with Crippen molar-refractivity contribution in [1.29, 1.82) is 0 Å². The number of hydrogen-bond donors (Lipinski definition) is 2. The van der Waals surface area contributed by atoms with Crippen molar-refractivity contribution < 1.29 is 18.4 Å². The Bertz CT molecular complexity index is 386. The fourth-order valence-electron chi connectivity index (χ4n) is 1.60.